The van der Waals surface area contributed by atoms with Crippen LogP contribution < -0.4 is 0 Å². The Hall–Kier alpha value is -0.460. The molecule has 0 spiro atoms. The highest BCUT2D eigenvalue weighted by molar-refractivity contribution is 8.29. The summed E-state index contributed by atoms with van der Waals surface area (Å²) >= 11 is 0. The zero-order valence-corrected chi connectivity index (χ0v) is 9.65. The van der Waals surface area contributed by atoms with E-state index in [1.165, 1.54) is 0 Å². The van der Waals surface area contributed by atoms with Gasteiger partial charge in [-0.05, 0) is 11.8 Å². The fourth-order valence-electron chi connectivity index (χ4n) is 0.700. The van der Waals surface area contributed by atoms with E-state index in [1.807, 2.05) is 0 Å². The molecule has 15 heavy (non-hydrogen) atoms. The first kappa shape index (κ1) is 14.5. The van der Waals surface area contributed by atoms with Crippen LogP contribution in [-0.2, 0) is 9.47 Å². The second kappa shape index (κ2) is 8.82. The van der Waals surface area contributed by atoms with Gasteiger partial charge in [-0.25, -0.2) is 0 Å². The van der Waals surface area contributed by atoms with Crippen LogP contribution in [0.3, 0.4) is 0 Å². The lowest BCUT2D eigenvalue weighted by atomic mass is 10.7. The van der Waals surface area contributed by atoms with Crippen LogP contribution in [0.4, 0.5) is 0 Å². The maximum atomic E-state index is 9.22. The molecule has 0 aliphatic carbocycles. The number of azide groups is 1. The Morgan fingerprint density at radius 1 is 1.33 bits per heavy atom. The first-order valence-corrected chi connectivity index (χ1v) is 6.72. The first-order chi connectivity index (χ1) is 7.06. The minimum atomic E-state index is -1.95. The van der Waals surface area contributed by atoms with Crippen molar-refractivity contribution >= 4 is 10.3 Å². The molecule has 88 valence electrons. The highest BCUT2D eigenvalue weighted by atomic mass is 32.3. The van der Waals surface area contributed by atoms with Crippen molar-refractivity contribution in [3.63, 3.8) is 0 Å². The Bertz CT molecular complexity index is 202. The number of hydrogen-bond donors (Lipinski definition) is 1. The van der Waals surface area contributed by atoms with Gasteiger partial charge in [0.25, 0.3) is 0 Å². The quantitative estimate of drug-likeness (QED) is 0.286. The van der Waals surface area contributed by atoms with Gasteiger partial charge < -0.3 is 14.0 Å². The number of rotatable bonds is 9. The highest BCUT2D eigenvalue weighted by Crippen LogP contribution is 2.35. The Kier molecular flexibility index (Phi) is 8.55. The van der Waals surface area contributed by atoms with Crippen LogP contribution in [-0.4, -0.2) is 49.5 Å². The van der Waals surface area contributed by atoms with Gasteiger partial charge in [0.05, 0.1) is 26.4 Å². The van der Waals surface area contributed by atoms with Gasteiger partial charge in [-0.15, -0.1) is 10.3 Å². The Morgan fingerprint density at radius 3 is 2.47 bits per heavy atom. The first-order valence-electron chi connectivity index (χ1n) is 4.49. The lowest BCUT2D eigenvalue weighted by Crippen LogP contribution is -2.11. The van der Waals surface area contributed by atoms with Gasteiger partial charge in [-0.3, -0.25) is 0 Å². The third-order valence-electron chi connectivity index (χ3n) is 1.41. The van der Waals surface area contributed by atoms with E-state index in [1.54, 1.807) is 6.26 Å². The van der Waals surface area contributed by atoms with E-state index in [0.29, 0.717) is 38.7 Å². The topological polar surface area (TPSA) is 87.5 Å². The molecule has 1 unspecified atom stereocenters. The largest absolute Gasteiger partial charge is 0.379 e. The predicted octanol–water partition coefficient (Wildman–Crippen LogP) is 1.91. The summed E-state index contributed by atoms with van der Waals surface area (Å²) in [5.74, 6) is 0.464. The van der Waals surface area contributed by atoms with Crippen molar-refractivity contribution in [3.8, 4) is 0 Å². The molecule has 0 saturated carbocycles. The van der Waals surface area contributed by atoms with Crippen molar-refractivity contribution in [3.05, 3.63) is 16.7 Å². The molecule has 0 saturated heterocycles. The molecule has 2 radical (unpaired) electrons. The number of ether oxygens (including phenoxy) is 2. The lowest BCUT2D eigenvalue weighted by Gasteiger charge is -2.21. The molecular formula is C8H17N3O3S. The third-order valence-corrected chi connectivity index (χ3v) is 2.41. The van der Waals surface area contributed by atoms with Crippen LogP contribution in [0, 0.1) is 6.26 Å². The fraction of sp³-hybridized carbons (Fsp3) is 0.875. The zero-order chi connectivity index (χ0) is 11.6. The summed E-state index contributed by atoms with van der Waals surface area (Å²) < 4.78 is 19.5. The molecule has 0 amide bonds. The van der Waals surface area contributed by atoms with Crippen LogP contribution in [0.1, 0.15) is 0 Å². The second-order valence-corrected chi connectivity index (χ2v) is 5.62. The average molecular weight is 235 g/mol. The summed E-state index contributed by atoms with van der Waals surface area (Å²) in [4.78, 5) is 2.58. The Morgan fingerprint density at radius 2 is 1.93 bits per heavy atom. The van der Waals surface area contributed by atoms with E-state index in [0.717, 1.165) is 0 Å². The molecule has 0 heterocycles. The normalized spacial score (nSPS) is 12.2. The van der Waals surface area contributed by atoms with E-state index in [2.05, 4.69) is 10.0 Å². The van der Waals surface area contributed by atoms with Gasteiger partial charge in [0.2, 0.25) is 0 Å². The molecule has 0 aliphatic heterocycles. The third kappa shape index (κ3) is 13.5. The minimum Gasteiger partial charge on any atom is -0.379 e. The summed E-state index contributed by atoms with van der Waals surface area (Å²) in [6.45, 7) is 2.05. The SMILES string of the molecule is [CH]S(C)(O)CCOCCOCCN=[N+]=[N-]. The van der Waals surface area contributed by atoms with Crippen molar-refractivity contribution in [1.29, 1.82) is 0 Å². The molecule has 7 heteroatoms. The Labute approximate surface area is 91.7 Å². The maximum Gasteiger partial charge on any atom is 0.0700 e. The average Bonchev–Trinajstić information content (AvgIpc) is 2.14. The van der Waals surface area contributed by atoms with Crippen molar-refractivity contribution in [2.45, 2.75) is 0 Å². The van der Waals surface area contributed by atoms with Crippen molar-refractivity contribution in [2.75, 3.05) is 45.0 Å². The van der Waals surface area contributed by atoms with E-state index >= 15 is 0 Å². The Balaban J connectivity index is 3.08. The van der Waals surface area contributed by atoms with Gasteiger partial charge in [0.1, 0.15) is 0 Å². The van der Waals surface area contributed by atoms with Gasteiger partial charge in [0.15, 0.2) is 0 Å². The molecule has 0 aromatic heterocycles. The van der Waals surface area contributed by atoms with Crippen molar-refractivity contribution in [1.82, 2.24) is 0 Å². The van der Waals surface area contributed by atoms with Crippen LogP contribution in [0.2, 0.25) is 0 Å². The summed E-state index contributed by atoms with van der Waals surface area (Å²) in [5.41, 5.74) is 7.96. The molecule has 1 atom stereocenters. The number of nitrogens with zero attached hydrogens (tertiary/aromatic N) is 3. The van der Waals surface area contributed by atoms with E-state index in [4.69, 9.17) is 21.3 Å². The zero-order valence-electron chi connectivity index (χ0n) is 8.83. The van der Waals surface area contributed by atoms with E-state index in [-0.39, 0.29) is 0 Å². The minimum absolute atomic E-state index is 0.332. The summed E-state index contributed by atoms with van der Waals surface area (Å²) in [6.07, 6.45) is 7.02. The molecule has 6 nitrogen and oxygen atoms in total. The molecule has 0 rings (SSSR count). The van der Waals surface area contributed by atoms with Gasteiger partial charge in [0, 0.05) is 23.5 Å². The van der Waals surface area contributed by atoms with Crippen molar-refractivity contribution in [2.24, 2.45) is 5.11 Å². The molecule has 0 aliphatic rings. The monoisotopic (exact) mass is 235 g/mol. The summed E-state index contributed by atoms with van der Waals surface area (Å²) in [5, 5.41) is 3.31. The van der Waals surface area contributed by atoms with Gasteiger partial charge in [-0.1, -0.05) is 5.11 Å². The standard InChI is InChI=1S/C8H17N3O3S/c1-15(2,12)8-7-14-6-5-13-4-3-10-11-9/h1,12H,3-8H2,2H3. The smallest absolute Gasteiger partial charge is 0.0700 e. The van der Waals surface area contributed by atoms with Crippen LogP contribution in [0.15, 0.2) is 5.11 Å². The summed E-state index contributed by atoms with van der Waals surface area (Å²) in [7, 11) is -1.95. The predicted molar refractivity (Wildman–Crippen MR) is 61.0 cm³/mol. The van der Waals surface area contributed by atoms with Gasteiger partial charge in [-0.2, -0.15) is 0 Å². The molecule has 0 aromatic rings. The fourth-order valence-corrected chi connectivity index (χ4v) is 1.15. The molecule has 0 bridgehead atoms. The van der Waals surface area contributed by atoms with Crippen molar-refractivity contribution < 1.29 is 14.0 Å². The van der Waals surface area contributed by atoms with Crippen LogP contribution >= 0.6 is 10.3 Å². The van der Waals surface area contributed by atoms with Crippen LogP contribution in [0.25, 0.3) is 10.4 Å². The van der Waals surface area contributed by atoms with E-state index in [9.17, 15) is 4.55 Å². The number of hydrogen-bond acceptors (Lipinski definition) is 4. The second-order valence-electron chi connectivity index (χ2n) is 2.99. The molecule has 1 N–H and O–H groups in total. The lowest BCUT2D eigenvalue weighted by molar-refractivity contribution is 0.0568. The molecule has 0 aromatic carbocycles. The summed E-state index contributed by atoms with van der Waals surface area (Å²) in [6, 6.07) is 0. The molecular weight excluding hydrogens is 218 g/mol. The molecule has 0 fully saturated rings. The maximum absolute atomic E-state index is 9.22. The van der Waals surface area contributed by atoms with Crippen LogP contribution in [0.5, 0.6) is 0 Å². The van der Waals surface area contributed by atoms with E-state index < -0.39 is 10.3 Å². The highest BCUT2D eigenvalue weighted by Gasteiger charge is 2.05. The van der Waals surface area contributed by atoms with Gasteiger partial charge >= 0.3 is 0 Å².